The second kappa shape index (κ2) is 8.08. The second-order valence-electron chi connectivity index (χ2n) is 8.42. The van der Waals surface area contributed by atoms with Gasteiger partial charge in [0.25, 0.3) is 0 Å². The van der Waals surface area contributed by atoms with Crippen LogP contribution in [0.4, 0.5) is 8.78 Å². The molecule has 2 heterocycles. The van der Waals surface area contributed by atoms with Gasteiger partial charge in [0.2, 0.25) is 6.43 Å². The highest BCUT2D eigenvalue weighted by Gasteiger charge is 2.34. The Bertz CT molecular complexity index is 1020. The number of hydrogen-bond donors (Lipinski definition) is 1. The molecule has 1 aromatic carbocycles. The van der Waals surface area contributed by atoms with Gasteiger partial charge < -0.3 is 19.1 Å². The van der Waals surface area contributed by atoms with E-state index in [-0.39, 0.29) is 30.0 Å². The summed E-state index contributed by atoms with van der Waals surface area (Å²) in [5.41, 5.74) is 1.09. The molecule has 1 aromatic heterocycles. The lowest BCUT2D eigenvalue weighted by Gasteiger charge is -2.39. The zero-order valence-electron chi connectivity index (χ0n) is 17.4. The van der Waals surface area contributed by atoms with Crippen molar-refractivity contribution in [1.82, 2.24) is 4.57 Å². The predicted molar refractivity (Wildman–Crippen MR) is 108 cm³/mol. The molecule has 30 heavy (non-hydrogen) atoms. The third kappa shape index (κ3) is 4.17. The molecule has 0 fully saturated rings. The molecule has 0 bridgehead atoms. The Hall–Kier alpha value is -2.90. The molecule has 0 radical (unpaired) electrons. The number of hydrogen-bond acceptors (Lipinski definition) is 4. The molecule has 1 aliphatic heterocycles. The van der Waals surface area contributed by atoms with Crippen LogP contribution in [0.15, 0.2) is 29.2 Å². The zero-order chi connectivity index (χ0) is 22.2. The fourth-order valence-electron chi connectivity index (χ4n) is 3.75. The number of benzene rings is 1. The van der Waals surface area contributed by atoms with Gasteiger partial charge >= 0.3 is 5.97 Å². The van der Waals surface area contributed by atoms with Crippen LogP contribution in [0.25, 0.3) is 11.3 Å². The Kier molecular flexibility index (Phi) is 5.87. The van der Waals surface area contributed by atoms with Crippen molar-refractivity contribution in [3.05, 3.63) is 45.7 Å². The van der Waals surface area contributed by atoms with Crippen molar-refractivity contribution in [2.24, 2.45) is 5.41 Å². The number of nitrogens with zero attached hydrogens (tertiary/aromatic N) is 1. The average molecular weight is 421 g/mol. The minimum atomic E-state index is -2.46. The lowest BCUT2D eigenvalue weighted by atomic mass is 9.78. The van der Waals surface area contributed by atoms with E-state index in [1.54, 1.807) is 12.1 Å². The molecule has 1 aliphatic rings. The van der Waals surface area contributed by atoms with Crippen molar-refractivity contribution in [3.8, 4) is 22.8 Å². The quantitative estimate of drug-likeness (QED) is 0.748. The smallest absolute Gasteiger partial charge is 0.341 e. The summed E-state index contributed by atoms with van der Waals surface area (Å²) in [7, 11) is 1.45. The van der Waals surface area contributed by atoms with Gasteiger partial charge in [-0.15, -0.1) is 0 Å². The lowest BCUT2D eigenvalue weighted by Crippen LogP contribution is -2.32. The number of carboxylic acid groups (broad SMARTS) is 1. The normalized spacial score (nSPS) is 15.5. The van der Waals surface area contributed by atoms with Crippen molar-refractivity contribution >= 4 is 5.97 Å². The van der Waals surface area contributed by atoms with Gasteiger partial charge in [-0.1, -0.05) is 20.8 Å². The van der Waals surface area contributed by atoms with Gasteiger partial charge in [0.15, 0.2) is 16.9 Å². The number of alkyl halides is 2. The van der Waals surface area contributed by atoms with E-state index in [9.17, 15) is 23.5 Å². The highest BCUT2D eigenvalue weighted by Crippen LogP contribution is 2.45. The van der Waals surface area contributed by atoms with Crippen LogP contribution in [-0.4, -0.2) is 35.8 Å². The van der Waals surface area contributed by atoms with E-state index >= 15 is 0 Å². The molecule has 0 spiro atoms. The number of carbonyl (C=O) groups is 1. The Morgan fingerprint density at radius 3 is 2.53 bits per heavy atom. The molecule has 6 nitrogen and oxygen atoms in total. The first-order chi connectivity index (χ1) is 14.0. The number of aromatic nitrogens is 1. The van der Waals surface area contributed by atoms with Gasteiger partial charge in [-0.25, -0.2) is 13.6 Å². The van der Waals surface area contributed by atoms with Crippen LogP contribution in [0.5, 0.6) is 11.5 Å². The monoisotopic (exact) mass is 421 g/mol. The SMILES string of the molecule is COc1cc2c(cc1OCCC(F)F)CC(C(C)(C)C)n1cc(C(=O)O)c(=O)cc1-2. The number of carboxylic acids is 1. The summed E-state index contributed by atoms with van der Waals surface area (Å²) in [5.74, 6) is -0.546. The summed E-state index contributed by atoms with van der Waals surface area (Å²) in [6, 6.07) is 4.67. The van der Waals surface area contributed by atoms with Crippen LogP contribution in [0.3, 0.4) is 0 Å². The number of aromatic carboxylic acids is 1. The van der Waals surface area contributed by atoms with E-state index < -0.39 is 17.8 Å². The van der Waals surface area contributed by atoms with Crippen molar-refractivity contribution in [1.29, 1.82) is 0 Å². The van der Waals surface area contributed by atoms with E-state index in [4.69, 9.17) is 9.47 Å². The minimum absolute atomic E-state index is 0.124. The molecule has 8 heteroatoms. The first-order valence-electron chi connectivity index (χ1n) is 9.64. The molecule has 2 aromatic rings. The fourth-order valence-corrected chi connectivity index (χ4v) is 3.75. The van der Waals surface area contributed by atoms with Gasteiger partial charge in [0, 0.05) is 30.3 Å². The number of ether oxygens (including phenoxy) is 2. The van der Waals surface area contributed by atoms with Gasteiger partial charge in [-0.3, -0.25) is 4.79 Å². The molecule has 0 amide bonds. The Morgan fingerprint density at radius 1 is 1.27 bits per heavy atom. The van der Waals surface area contributed by atoms with Crippen molar-refractivity contribution in [3.63, 3.8) is 0 Å². The van der Waals surface area contributed by atoms with Gasteiger partial charge in [0.1, 0.15) is 5.56 Å². The molecule has 0 aliphatic carbocycles. The Balaban J connectivity index is 2.16. The highest BCUT2D eigenvalue weighted by atomic mass is 19.3. The molecule has 1 N–H and O–H groups in total. The maximum Gasteiger partial charge on any atom is 0.341 e. The maximum atomic E-state index is 12.5. The molecular formula is C22H25F2NO5. The fraction of sp³-hybridized carbons (Fsp3) is 0.455. The van der Waals surface area contributed by atoms with Crippen molar-refractivity contribution < 1.29 is 28.2 Å². The van der Waals surface area contributed by atoms with E-state index in [1.165, 1.54) is 19.4 Å². The largest absolute Gasteiger partial charge is 0.493 e. The van der Waals surface area contributed by atoms with Crippen LogP contribution >= 0.6 is 0 Å². The van der Waals surface area contributed by atoms with Crippen LogP contribution in [-0.2, 0) is 6.42 Å². The van der Waals surface area contributed by atoms with E-state index in [1.807, 2.05) is 25.3 Å². The standard InChI is InChI=1S/C22H25F2NO5/c1-22(2,3)19-8-12-7-18(30-6-5-20(23)24)17(29-4)9-13(12)15-10-16(26)14(21(27)28)11-25(15)19/h7,9-11,19-20H,5-6,8H2,1-4H3,(H,27,28). The Labute approximate surface area is 173 Å². The van der Waals surface area contributed by atoms with E-state index in [0.29, 0.717) is 23.6 Å². The molecule has 0 saturated heterocycles. The zero-order valence-corrected chi connectivity index (χ0v) is 17.4. The number of rotatable bonds is 6. The van der Waals surface area contributed by atoms with E-state index in [2.05, 4.69) is 0 Å². The first kappa shape index (κ1) is 21.8. The Morgan fingerprint density at radius 2 is 1.97 bits per heavy atom. The number of halogens is 2. The van der Waals surface area contributed by atoms with E-state index in [0.717, 1.165) is 11.1 Å². The first-order valence-corrected chi connectivity index (χ1v) is 9.64. The van der Waals surface area contributed by atoms with Gasteiger partial charge in [0.05, 0.1) is 19.4 Å². The summed E-state index contributed by atoms with van der Waals surface area (Å²) in [6.07, 6.45) is -0.886. The third-order valence-electron chi connectivity index (χ3n) is 5.32. The minimum Gasteiger partial charge on any atom is -0.493 e. The van der Waals surface area contributed by atoms with Crippen molar-refractivity contribution in [2.75, 3.05) is 13.7 Å². The van der Waals surface area contributed by atoms with Crippen LogP contribution in [0.2, 0.25) is 0 Å². The summed E-state index contributed by atoms with van der Waals surface area (Å²) in [4.78, 5) is 23.9. The van der Waals surface area contributed by atoms with Crippen molar-refractivity contribution in [2.45, 2.75) is 46.1 Å². The number of pyridine rings is 1. The third-order valence-corrected chi connectivity index (χ3v) is 5.32. The molecule has 162 valence electrons. The highest BCUT2D eigenvalue weighted by molar-refractivity contribution is 5.88. The summed E-state index contributed by atoms with van der Waals surface area (Å²) < 4.78 is 37.7. The summed E-state index contributed by atoms with van der Waals surface area (Å²) in [5, 5.41) is 9.39. The number of methoxy groups -OCH3 is 1. The summed E-state index contributed by atoms with van der Waals surface area (Å²) >= 11 is 0. The number of fused-ring (bicyclic) bond motifs is 3. The molecule has 1 unspecified atom stereocenters. The topological polar surface area (TPSA) is 77.8 Å². The average Bonchev–Trinajstić information content (AvgIpc) is 2.65. The second-order valence-corrected chi connectivity index (χ2v) is 8.42. The molecule has 1 atom stereocenters. The lowest BCUT2D eigenvalue weighted by molar-refractivity contribution is 0.0693. The molecule has 3 rings (SSSR count). The predicted octanol–water partition coefficient (Wildman–Crippen LogP) is 4.40. The van der Waals surface area contributed by atoms with Crippen LogP contribution in [0.1, 0.15) is 49.2 Å². The van der Waals surface area contributed by atoms with Crippen LogP contribution < -0.4 is 14.9 Å². The molecular weight excluding hydrogens is 396 g/mol. The van der Waals surface area contributed by atoms with Gasteiger partial charge in [-0.05, 0) is 29.5 Å². The van der Waals surface area contributed by atoms with Crippen LogP contribution in [0, 0.1) is 5.41 Å². The maximum absolute atomic E-state index is 12.5. The molecule has 0 saturated carbocycles. The van der Waals surface area contributed by atoms with Gasteiger partial charge in [-0.2, -0.15) is 0 Å². The summed E-state index contributed by atoms with van der Waals surface area (Å²) in [6.45, 7) is 5.96.